The first-order valence-corrected chi connectivity index (χ1v) is 7.35. The zero-order valence-corrected chi connectivity index (χ0v) is 12.0. The highest BCUT2D eigenvalue weighted by molar-refractivity contribution is 7.18. The predicted octanol–water partition coefficient (Wildman–Crippen LogP) is 2.60. The first-order valence-electron chi connectivity index (χ1n) is 6.53. The van der Waals surface area contributed by atoms with E-state index in [1.54, 1.807) is 10.6 Å². The molecule has 2 aromatic rings. The summed E-state index contributed by atoms with van der Waals surface area (Å²) in [6, 6.07) is 3.70. The van der Waals surface area contributed by atoms with Crippen LogP contribution in [0.25, 0.3) is 10.6 Å². The Morgan fingerprint density at radius 1 is 1.37 bits per heavy atom. The summed E-state index contributed by atoms with van der Waals surface area (Å²) in [6.45, 7) is 5.66. The van der Waals surface area contributed by atoms with Gasteiger partial charge in [0, 0.05) is 19.3 Å². The topological polar surface area (TPSA) is 59.8 Å². The second-order valence-electron chi connectivity index (χ2n) is 4.22. The highest BCUT2D eigenvalue weighted by atomic mass is 32.1. The van der Waals surface area contributed by atoms with Gasteiger partial charge >= 0.3 is 0 Å². The molecular formula is C13H18N4OS. The van der Waals surface area contributed by atoms with E-state index in [1.807, 2.05) is 19.2 Å². The van der Waals surface area contributed by atoms with E-state index in [0.29, 0.717) is 10.6 Å². The molecule has 0 aliphatic heterocycles. The molecule has 0 saturated heterocycles. The van der Waals surface area contributed by atoms with Crippen LogP contribution in [-0.2, 0) is 6.54 Å². The van der Waals surface area contributed by atoms with Gasteiger partial charge in [0.2, 0.25) is 5.13 Å². The van der Waals surface area contributed by atoms with Crippen LogP contribution in [0.4, 0.5) is 5.13 Å². The van der Waals surface area contributed by atoms with Crippen LogP contribution in [0.2, 0.25) is 0 Å². The van der Waals surface area contributed by atoms with E-state index < -0.39 is 0 Å². The maximum absolute atomic E-state index is 12.3. The average molecular weight is 278 g/mol. The number of aryl methyl sites for hydroxylation is 1. The molecule has 102 valence electrons. The molecule has 2 aromatic heterocycles. The summed E-state index contributed by atoms with van der Waals surface area (Å²) < 4.78 is 1.74. The lowest BCUT2D eigenvalue weighted by atomic mass is 10.2. The third-order valence-electron chi connectivity index (χ3n) is 2.76. The second kappa shape index (κ2) is 6.47. The van der Waals surface area contributed by atoms with Gasteiger partial charge in [0.05, 0.1) is 5.56 Å². The zero-order valence-electron chi connectivity index (χ0n) is 11.2. The van der Waals surface area contributed by atoms with Crippen molar-refractivity contribution >= 4 is 16.5 Å². The van der Waals surface area contributed by atoms with E-state index in [1.165, 1.54) is 11.3 Å². The van der Waals surface area contributed by atoms with Gasteiger partial charge in [0.1, 0.15) is 0 Å². The third-order valence-corrected chi connectivity index (χ3v) is 3.67. The lowest BCUT2D eigenvalue weighted by Crippen LogP contribution is -2.20. The van der Waals surface area contributed by atoms with Crippen molar-refractivity contribution in [3.8, 4) is 10.6 Å². The number of pyridine rings is 1. The molecule has 2 rings (SSSR count). The van der Waals surface area contributed by atoms with Crippen molar-refractivity contribution in [2.45, 2.75) is 33.2 Å². The molecule has 0 unspecified atom stereocenters. The van der Waals surface area contributed by atoms with Gasteiger partial charge in [-0.05, 0) is 25.5 Å². The summed E-state index contributed by atoms with van der Waals surface area (Å²) in [4.78, 5) is 12.3. The molecule has 0 atom stereocenters. The largest absolute Gasteiger partial charge is 0.360 e. The Morgan fingerprint density at radius 2 is 2.21 bits per heavy atom. The van der Waals surface area contributed by atoms with Crippen molar-refractivity contribution in [3.63, 3.8) is 0 Å². The summed E-state index contributed by atoms with van der Waals surface area (Å²) in [7, 11) is 0. The number of nitrogens with zero attached hydrogens (tertiary/aromatic N) is 3. The number of hydrogen-bond acceptors (Lipinski definition) is 5. The number of rotatable bonds is 6. The van der Waals surface area contributed by atoms with E-state index in [2.05, 4.69) is 22.4 Å². The Kier molecular flexibility index (Phi) is 4.68. The fourth-order valence-corrected chi connectivity index (χ4v) is 2.59. The maximum Gasteiger partial charge on any atom is 0.260 e. The lowest BCUT2D eigenvalue weighted by Gasteiger charge is -2.05. The van der Waals surface area contributed by atoms with Gasteiger partial charge in [-0.2, -0.15) is 0 Å². The molecule has 1 N–H and O–H groups in total. The van der Waals surface area contributed by atoms with Crippen LogP contribution in [0.1, 0.15) is 26.7 Å². The third kappa shape index (κ3) is 3.20. The van der Waals surface area contributed by atoms with Crippen molar-refractivity contribution in [1.29, 1.82) is 0 Å². The molecule has 5 nitrogen and oxygen atoms in total. The quantitative estimate of drug-likeness (QED) is 0.882. The number of nitrogens with one attached hydrogen (secondary N) is 1. The molecule has 0 aliphatic rings. The summed E-state index contributed by atoms with van der Waals surface area (Å²) in [5, 5.41) is 12.6. The van der Waals surface area contributed by atoms with Crippen molar-refractivity contribution in [3.05, 3.63) is 28.7 Å². The summed E-state index contributed by atoms with van der Waals surface area (Å²) >= 11 is 1.41. The van der Waals surface area contributed by atoms with Crippen LogP contribution in [0.15, 0.2) is 23.1 Å². The molecule has 0 spiro atoms. The van der Waals surface area contributed by atoms with E-state index >= 15 is 0 Å². The van der Waals surface area contributed by atoms with Gasteiger partial charge in [-0.15, -0.1) is 10.2 Å². The average Bonchev–Trinajstić information content (AvgIpc) is 2.86. The second-order valence-corrected chi connectivity index (χ2v) is 5.19. The normalized spacial score (nSPS) is 10.6. The smallest absolute Gasteiger partial charge is 0.260 e. The minimum atomic E-state index is 0.00940. The molecule has 0 amide bonds. The van der Waals surface area contributed by atoms with Crippen molar-refractivity contribution in [2.24, 2.45) is 0 Å². The highest BCUT2D eigenvalue weighted by Crippen LogP contribution is 2.23. The SMILES string of the molecule is CCCCn1cccc(-c2nnc(NCC)s2)c1=O. The predicted molar refractivity (Wildman–Crippen MR) is 78.7 cm³/mol. The Morgan fingerprint density at radius 3 is 2.95 bits per heavy atom. The first kappa shape index (κ1) is 13.7. The van der Waals surface area contributed by atoms with Crippen LogP contribution in [0, 0.1) is 0 Å². The molecule has 0 saturated carbocycles. The fraction of sp³-hybridized carbons (Fsp3) is 0.462. The van der Waals surface area contributed by atoms with Gasteiger partial charge in [0.15, 0.2) is 5.01 Å². The minimum Gasteiger partial charge on any atom is -0.360 e. The minimum absolute atomic E-state index is 0.00940. The Labute approximate surface area is 116 Å². The molecule has 0 fully saturated rings. The maximum atomic E-state index is 12.3. The highest BCUT2D eigenvalue weighted by Gasteiger charge is 2.11. The molecule has 6 heteroatoms. The van der Waals surface area contributed by atoms with E-state index in [0.717, 1.165) is 31.1 Å². The molecule has 0 aliphatic carbocycles. The molecule has 0 aromatic carbocycles. The van der Waals surface area contributed by atoms with Gasteiger partial charge in [0.25, 0.3) is 5.56 Å². The van der Waals surface area contributed by atoms with Crippen molar-refractivity contribution < 1.29 is 0 Å². The van der Waals surface area contributed by atoms with Gasteiger partial charge in [-0.25, -0.2) is 0 Å². The van der Waals surface area contributed by atoms with Gasteiger partial charge < -0.3 is 9.88 Å². The zero-order chi connectivity index (χ0) is 13.7. The molecular weight excluding hydrogens is 260 g/mol. The van der Waals surface area contributed by atoms with E-state index in [-0.39, 0.29) is 5.56 Å². The van der Waals surface area contributed by atoms with Crippen LogP contribution in [-0.4, -0.2) is 21.3 Å². The van der Waals surface area contributed by atoms with Gasteiger partial charge in [-0.3, -0.25) is 4.79 Å². The summed E-state index contributed by atoms with van der Waals surface area (Å²) in [5.74, 6) is 0. The lowest BCUT2D eigenvalue weighted by molar-refractivity contribution is 0.614. The molecule has 0 radical (unpaired) electrons. The van der Waals surface area contributed by atoms with Crippen LogP contribution >= 0.6 is 11.3 Å². The van der Waals surface area contributed by atoms with E-state index in [9.17, 15) is 4.79 Å². The number of anilines is 1. The Hall–Kier alpha value is -1.69. The monoisotopic (exact) mass is 278 g/mol. The molecule has 2 heterocycles. The summed E-state index contributed by atoms with van der Waals surface area (Å²) in [6.07, 6.45) is 3.90. The summed E-state index contributed by atoms with van der Waals surface area (Å²) in [5.41, 5.74) is 0.635. The number of hydrogen-bond donors (Lipinski definition) is 1. The van der Waals surface area contributed by atoms with Crippen LogP contribution in [0.5, 0.6) is 0 Å². The number of aromatic nitrogens is 3. The molecule has 19 heavy (non-hydrogen) atoms. The Bertz CT molecular complexity index is 590. The molecule has 0 bridgehead atoms. The standard InChI is InChI=1S/C13H18N4OS/c1-3-5-8-17-9-6-7-10(12(17)18)11-15-16-13(19-11)14-4-2/h6-7,9H,3-5,8H2,1-2H3,(H,14,16). The van der Waals surface area contributed by atoms with E-state index in [4.69, 9.17) is 0 Å². The van der Waals surface area contributed by atoms with Crippen LogP contribution in [0.3, 0.4) is 0 Å². The number of unbranched alkanes of at least 4 members (excludes halogenated alkanes) is 1. The first-order chi connectivity index (χ1) is 9.26. The van der Waals surface area contributed by atoms with Crippen LogP contribution < -0.4 is 10.9 Å². The fourth-order valence-electron chi connectivity index (χ4n) is 1.76. The van der Waals surface area contributed by atoms with Gasteiger partial charge in [-0.1, -0.05) is 24.7 Å². The Balaban J connectivity index is 2.30. The van der Waals surface area contributed by atoms with Crippen molar-refractivity contribution in [1.82, 2.24) is 14.8 Å². The van der Waals surface area contributed by atoms with Crippen molar-refractivity contribution in [2.75, 3.05) is 11.9 Å².